The Labute approximate surface area is 74.0 Å². The van der Waals surface area contributed by atoms with Gasteiger partial charge in [-0.1, -0.05) is 26.3 Å². The molecule has 68 valence electrons. The van der Waals surface area contributed by atoms with Crippen LogP contribution < -0.4 is 5.32 Å². The number of amides is 1. The highest BCUT2D eigenvalue weighted by Gasteiger charge is 2.19. The van der Waals surface area contributed by atoms with Gasteiger partial charge in [0.1, 0.15) is 0 Å². The molecule has 0 aromatic carbocycles. The largest absolute Gasteiger partial charge is 0.350 e. The first-order valence-corrected chi connectivity index (χ1v) is 4.65. The third-order valence-electron chi connectivity index (χ3n) is 2.47. The van der Waals surface area contributed by atoms with E-state index < -0.39 is 0 Å². The SMILES string of the molecule is C=CC(=O)N[C@@H]1CCCC(C)C1. The van der Waals surface area contributed by atoms with Crippen LogP contribution in [-0.4, -0.2) is 11.9 Å². The molecule has 1 N–H and O–H groups in total. The van der Waals surface area contributed by atoms with E-state index in [2.05, 4.69) is 18.8 Å². The molecule has 1 unspecified atom stereocenters. The van der Waals surface area contributed by atoms with Crippen LogP contribution in [0.4, 0.5) is 0 Å². The van der Waals surface area contributed by atoms with Crippen LogP contribution in [-0.2, 0) is 4.79 Å². The summed E-state index contributed by atoms with van der Waals surface area (Å²) >= 11 is 0. The van der Waals surface area contributed by atoms with Crippen LogP contribution in [0, 0.1) is 5.92 Å². The average molecular weight is 167 g/mol. The highest BCUT2D eigenvalue weighted by atomic mass is 16.1. The van der Waals surface area contributed by atoms with E-state index in [1.165, 1.54) is 18.9 Å². The molecule has 0 spiro atoms. The third kappa shape index (κ3) is 2.68. The van der Waals surface area contributed by atoms with Gasteiger partial charge in [0.25, 0.3) is 0 Å². The maximum absolute atomic E-state index is 11.0. The number of hydrogen-bond acceptors (Lipinski definition) is 1. The smallest absolute Gasteiger partial charge is 0.243 e. The minimum absolute atomic E-state index is 0.0332. The normalized spacial score (nSPS) is 29.4. The molecule has 12 heavy (non-hydrogen) atoms. The fourth-order valence-electron chi connectivity index (χ4n) is 1.83. The second-order valence-electron chi connectivity index (χ2n) is 3.68. The van der Waals surface area contributed by atoms with Gasteiger partial charge in [0.05, 0.1) is 0 Å². The molecule has 2 nitrogen and oxygen atoms in total. The van der Waals surface area contributed by atoms with E-state index in [9.17, 15) is 4.79 Å². The maximum atomic E-state index is 11.0. The summed E-state index contributed by atoms with van der Waals surface area (Å²) in [5, 5.41) is 2.94. The minimum atomic E-state index is -0.0332. The summed E-state index contributed by atoms with van der Waals surface area (Å²) in [4.78, 5) is 11.0. The lowest BCUT2D eigenvalue weighted by atomic mass is 9.87. The van der Waals surface area contributed by atoms with E-state index >= 15 is 0 Å². The zero-order valence-corrected chi connectivity index (χ0v) is 7.68. The molecule has 1 fully saturated rings. The summed E-state index contributed by atoms with van der Waals surface area (Å²) in [6, 6.07) is 0.388. The van der Waals surface area contributed by atoms with Crippen molar-refractivity contribution < 1.29 is 4.79 Å². The van der Waals surface area contributed by atoms with Crippen LogP contribution in [0.25, 0.3) is 0 Å². The topological polar surface area (TPSA) is 29.1 Å². The molecule has 1 rings (SSSR count). The third-order valence-corrected chi connectivity index (χ3v) is 2.47. The second-order valence-corrected chi connectivity index (χ2v) is 3.68. The van der Waals surface area contributed by atoms with E-state index in [0.717, 1.165) is 18.8 Å². The van der Waals surface area contributed by atoms with Crippen molar-refractivity contribution >= 4 is 5.91 Å². The first-order valence-electron chi connectivity index (χ1n) is 4.65. The van der Waals surface area contributed by atoms with Crippen LogP contribution in [0.15, 0.2) is 12.7 Å². The van der Waals surface area contributed by atoms with Crippen molar-refractivity contribution in [3.63, 3.8) is 0 Å². The first-order chi connectivity index (χ1) is 5.72. The predicted octanol–water partition coefficient (Wildman–Crippen LogP) is 1.87. The zero-order chi connectivity index (χ0) is 8.97. The lowest BCUT2D eigenvalue weighted by molar-refractivity contribution is -0.117. The Kier molecular flexibility index (Phi) is 3.32. The summed E-state index contributed by atoms with van der Waals surface area (Å²) in [5.41, 5.74) is 0. The molecule has 0 aromatic rings. The Morgan fingerprint density at radius 1 is 1.58 bits per heavy atom. The van der Waals surface area contributed by atoms with Gasteiger partial charge in [-0.2, -0.15) is 0 Å². The van der Waals surface area contributed by atoms with Gasteiger partial charge in [0.2, 0.25) is 5.91 Å². The highest BCUT2D eigenvalue weighted by Crippen LogP contribution is 2.23. The van der Waals surface area contributed by atoms with E-state index in [-0.39, 0.29) is 5.91 Å². The Hall–Kier alpha value is -0.790. The van der Waals surface area contributed by atoms with Crippen molar-refractivity contribution in [1.82, 2.24) is 5.32 Å². The van der Waals surface area contributed by atoms with Gasteiger partial charge in [0.15, 0.2) is 0 Å². The fourth-order valence-corrected chi connectivity index (χ4v) is 1.83. The van der Waals surface area contributed by atoms with Crippen molar-refractivity contribution in [2.45, 2.75) is 38.6 Å². The highest BCUT2D eigenvalue weighted by molar-refractivity contribution is 5.87. The average Bonchev–Trinajstić information content (AvgIpc) is 2.04. The van der Waals surface area contributed by atoms with Crippen LogP contribution in [0.2, 0.25) is 0 Å². The van der Waals surface area contributed by atoms with Crippen molar-refractivity contribution in [3.8, 4) is 0 Å². The van der Waals surface area contributed by atoms with Crippen molar-refractivity contribution in [1.29, 1.82) is 0 Å². The summed E-state index contributed by atoms with van der Waals surface area (Å²) in [5.74, 6) is 0.725. The minimum Gasteiger partial charge on any atom is -0.350 e. The molecule has 2 heteroatoms. The van der Waals surface area contributed by atoms with Crippen LogP contribution in [0.5, 0.6) is 0 Å². The van der Waals surface area contributed by atoms with Crippen molar-refractivity contribution in [2.24, 2.45) is 5.92 Å². The van der Waals surface area contributed by atoms with Gasteiger partial charge in [-0.15, -0.1) is 0 Å². The van der Waals surface area contributed by atoms with E-state index in [4.69, 9.17) is 0 Å². The Morgan fingerprint density at radius 2 is 2.33 bits per heavy atom. The summed E-state index contributed by atoms with van der Waals surface area (Å²) in [7, 11) is 0. The molecule has 0 bridgehead atoms. The summed E-state index contributed by atoms with van der Waals surface area (Å²) in [6.45, 7) is 5.68. The first kappa shape index (κ1) is 9.30. The molecule has 0 heterocycles. The summed E-state index contributed by atoms with van der Waals surface area (Å²) in [6.07, 6.45) is 6.15. The monoisotopic (exact) mass is 167 g/mol. The molecule has 1 saturated carbocycles. The summed E-state index contributed by atoms with van der Waals surface area (Å²) < 4.78 is 0. The standard InChI is InChI=1S/C10H17NO/c1-3-10(12)11-9-6-4-5-8(2)7-9/h3,8-9H,1,4-7H2,2H3,(H,11,12)/t8?,9-/m1/s1. The lowest BCUT2D eigenvalue weighted by Crippen LogP contribution is -2.36. The van der Waals surface area contributed by atoms with Gasteiger partial charge in [0, 0.05) is 6.04 Å². The Bertz CT molecular complexity index is 177. The molecule has 2 atom stereocenters. The van der Waals surface area contributed by atoms with Crippen LogP contribution in [0.3, 0.4) is 0 Å². The maximum Gasteiger partial charge on any atom is 0.243 e. The molecule has 1 aliphatic rings. The van der Waals surface area contributed by atoms with E-state index in [1.54, 1.807) is 0 Å². The number of rotatable bonds is 2. The van der Waals surface area contributed by atoms with E-state index in [1.807, 2.05) is 0 Å². The number of hydrogen-bond donors (Lipinski definition) is 1. The quantitative estimate of drug-likeness (QED) is 0.625. The predicted molar refractivity (Wildman–Crippen MR) is 49.8 cm³/mol. The molecule has 1 aliphatic carbocycles. The van der Waals surface area contributed by atoms with Gasteiger partial charge in [-0.25, -0.2) is 0 Å². The van der Waals surface area contributed by atoms with E-state index in [0.29, 0.717) is 6.04 Å². The number of carbonyl (C=O) groups excluding carboxylic acids is 1. The Morgan fingerprint density at radius 3 is 2.92 bits per heavy atom. The van der Waals surface area contributed by atoms with Crippen molar-refractivity contribution in [2.75, 3.05) is 0 Å². The number of nitrogens with one attached hydrogen (secondary N) is 1. The van der Waals surface area contributed by atoms with Gasteiger partial charge >= 0.3 is 0 Å². The number of carbonyl (C=O) groups is 1. The molecular weight excluding hydrogens is 150 g/mol. The molecule has 0 aliphatic heterocycles. The molecule has 0 aromatic heterocycles. The van der Waals surface area contributed by atoms with Gasteiger partial charge in [-0.05, 0) is 24.8 Å². The van der Waals surface area contributed by atoms with Crippen LogP contribution >= 0.6 is 0 Å². The molecule has 0 radical (unpaired) electrons. The lowest BCUT2D eigenvalue weighted by Gasteiger charge is -2.26. The van der Waals surface area contributed by atoms with Gasteiger partial charge in [-0.3, -0.25) is 4.79 Å². The molecular formula is C10H17NO. The molecule has 0 saturated heterocycles. The van der Waals surface area contributed by atoms with Gasteiger partial charge < -0.3 is 5.32 Å². The molecule has 1 amide bonds. The fraction of sp³-hybridized carbons (Fsp3) is 0.700. The van der Waals surface area contributed by atoms with Crippen LogP contribution in [0.1, 0.15) is 32.6 Å². The second kappa shape index (κ2) is 4.29. The van der Waals surface area contributed by atoms with Crippen molar-refractivity contribution in [3.05, 3.63) is 12.7 Å². The zero-order valence-electron chi connectivity index (χ0n) is 7.68. The Balaban J connectivity index is 2.31.